The van der Waals surface area contributed by atoms with Crippen LogP contribution in [0, 0.1) is 0 Å². The third-order valence-corrected chi connectivity index (χ3v) is 2.12. The van der Waals surface area contributed by atoms with Gasteiger partial charge in [0.05, 0.1) is 4.71 Å². The predicted octanol–water partition coefficient (Wildman–Crippen LogP) is 1.23. The molecule has 1 heterocycles. The van der Waals surface area contributed by atoms with Crippen molar-refractivity contribution in [3.63, 3.8) is 0 Å². The van der Waals surface area contributed by atoms with E-state index in [1.165, 1.54) is 25.9 Å². The average Bonchev–Trinajstić information content (AvgIpc) is 2.12. The van der Waals surface area contributed by atoms with Crippen molar-refractivity contribution in [3.8, 4) is 0 Å². The van der Waals surface area contributed by atoms with E-state index in [9.17, 15) is 0 Å². The molecular formula is C5H11NS2. The molecule has 3 heteroatoms. The average molecular weight is 149 g/mol. The molecule has 48 valence electrons. The van der Waals surface area contributed by atoms with Crippen LogP contribution in [0.2, 0.25) is 0 Å². The van der Waals surface area contributed by atoms with Crippen molar-refractivity contribution >= 4 is 25.3 Å². The summed E-state index contributed by atoms with van der Waals surface area (Å²) in [6.45, 7) is 2.36. The minimum atomic E-state index is 0.164. The van der Waals surface area contributed by atoms with Gasteiger partial charge in [0.1, 0.15) is 0 Å². The summed E-state index contributed by atoms with van der Waals surface area (Å²) in [6, 6.07) is 0. The fraction of sp³-hybridized carbons (Fsp3) is 1.00. The molecule has 0 atom stereocenters. The highest BCUT2D eigenvalue weighted by molar-refractivity contribution is 7.99. The highest BCUT2D eigenvalue weighted by Gasteiger charge is 2.14. The van der Waals surface area contributed by atoms with Gasteiger partial charge in [-0.15, -0.1) is 25.3 Å². The Morgan fingerprint density at radius 3 is 1.88 bits per heavy atom. The number of hydrogen-bond acceptors (Lipinski definition) is 3. The zero-order valence-corrected chi connectivity index (χ0v) is 6.54. The van der Waals surface area contributed by atoms with Crippen LogP contribution in [0.5, 0.6) is 0 Å². The molecule has 0 aliphatic carbocycles. The van der Waals surface area contributed by atoms with Gasteiger partial charge in [-0.25, -0.2) is 0 Å². The maximum Gasteiger partial charge on any atom is 0.0969 e. The van der Waals surface area contributed by atoms with E-state index in [1.807, 2.05) is 0 Å². The maximum absolute atomic E-state index is 4.18. The van der Waals surface area contributed by atoms with Crippen LogP contribution in [0.15, 0.2) is 0 Å². The van der Waals surface area contributed by atoms with Crippen molar-refractivity contribution < 1.29 is 0 Å². The van der Waals surface area contributed by atoms with Crippen molar-refractivity contribution in [2.24, 2.45) is 0 Å². The van der Waals surface area contributed by atoms with Crippen LogP contribution in [-0.2, 0) is 0 Å². The summed E-state index contributed by atoms with van der Waals surface area (Å²) < 4.78 is 0.164. The Morgan fingerprint density at radius 2 is 1.62 bits per heavy atom. The number of likely N-dealkylation sites (tertiary alicyclic amines) is 1. The van der Waals surface area contributed by atoms with E-state index in [4.69, 9.17) is 0 Å². The van der Waals surface area contributed by atoms with Crippen LogP contribution < -0.4 is 0 Å². The van der Waals surface area contributed by atoms with E-state index in [2.05, 4.69) is 30.2 Å². The summed E-state index contributed by atoms with van der Waals surface area (Å²) in [5.41, 5.74) is 0. The van der Waals surface area contributed by atoms with Gasteiger partial charge in [0.15, 0.2) is 0 Å². The van der Waals surface area contributed by atoms with E-state index in [0.29, 0.717) is 0 Å². The number of hydrogen-bond donors (Lipinski definition) is 2. The second kappa shape index (κ2) is 2.99. The summed E-state index contributed by atoms with van der Waals surface area (Å²) in [5, 5.41) is 0. The molecule has 8 heavy (non-hydrogen) atoms. The first-order valence-electron chi connectivity index (χ1n) is 2.91. The van der Waals surface area contributed by atoms with Gasteiger partial charge in [-0.2, -0.15) is 0 Å². The Kier molecular flexibility index (Phi) is 2.53. The molecule has 0 aromatic heterocycles. The molecule has 0 aromatic rings. The zero-order chi connectivity index (χ0) is 5.98. The first kappa shape index (κ1) is 6.78. The quantitative estimate of drug-likeness (QED) is 0.419. The Labute approximate surface area is 61.3 Å². The lowest BCUT2D eigenvalue weighted by molar-refractivity contribution is 0.382. The lowest BCUT2D eigenvalue weighted by Gasteiger charge is -2.16. The molecule has 1 aliphatic rings. The van der Waals surface area contributed by atoms with Crippen molar-refractivity contribution in [2.75, 3.05) is 13.1 Å². The first-order chi connectivity index (χ1) is 3.80. The van der Waals surface area contributed by atoms with E-state index in [-0.39, 0.29) is 4.71 Å². The predicted molar refractivity (Wildman–Crippen MR) is 42.6 cm³/mol. The van der Waals surface area contributed by atoms with Gasteiger partial charge in [-0.1, -0.05) is 0 Å². The summed E-state index contributed by atoms with van der Waals surface area (Å²) in [7, 11) is 0. The molecule has 0 radical (unpaired) electrons. The molecule has 0 saturated carbocycles. The second-order valence-corrected chi connectivity index (χ2v) is 3.48. The van der Waals surface area contributed by atoms with E-state index in [1.54, 1.807) is 0 Å². The van der Waals surface area contributed by atoms with Crippen molar-refractivity contribution in [1.29, 1.82) is 0 Å². The summed E-state index contributed by atoms with van der Waals surface area (Å²) in [6.07, 6.45) is 2.63. The normalized spacial score (nSPS) is 22.9. The molecule has 1 aliphatic heterocycles. The van der Waals surface area contributed by atoms with E-state index >= 15 is 0 Å². The van der Waals surface area contributed by atoms with Crippen LogP contribution in [-0.4, -0.2) is 22.7 Å². The second-order valence-electron chi connectivity index (χ2n) is 2.09. The molecule has 0 amide bonds. The summed E-state index contributed by atoms with van der Waals surface area (Å²) in [4.78, 5) is 2.26. The van der Waals surface area contributed by atoms with Gasteiger partial charge >= 0.3 is 0 Å². The summed E-state index contributed by atoms with van der Waals surface area (Å²) in [5.74, 6) is 0. The van der Waals surface area contributed by atoms with Crippen LogP contribution in [0.1, 0.15) is 12.8 Å². The monoisotopic (exact) mass is 149 g/mol. The van der Waals surface area contributed by atoms with Gasteiger partial charge in [0, 0.05) is 13.1 Å². The van der Waals surface area contributed by atoms with Gasteiger partial charge in [0.2, 0.25) is 0 Å². The third-order valence-electron chi connectivity index (χ3n) is 1.47. The standard InChI is InChI=1S/C5H11NS2/c7-5(8)6-3-1-2-4-6/h5,7-8H,1-4H2. The van der Waals surface area contributed by atoms with Crippen molar-refractivity contribution in [2.45, 2.75) is 17.5 Å². The fourth-order valence-corrected chi connectivity index (χ4v) is 1.43. The zero-order valence-electron chi connectivity index (χ0n) is 4.75. The van der Waals surface area contributed by atoms with Crippen LogP contribution >= 0.6 is 25.3 Å². The Morgan fingerprint density at radius 1 is 1.12 bits per heavy atom. The first-order valence-corrected chi connectivity index (χ1v) is 3.94. The van der Waals surface area contributed by atoms with Crippen LogP contribution in [0.3, 0.4) is 0 Å². The molecule has 1 rings (SSSR count). The van der Waals surface area contributed by atoms with E-state index in [0.717, 1.165) is 0 Å². The molecule has 1 nitrogen and oxygen atoms in total. The molecule has 0 bridgehead atoms. The van der Waals surface area contributed by atoms with Crippen LogP contribution in [0.4, 0.5) is 0 Å². The number of nitrogens with zero attached hydrogens (tertiary/aromatic N) is 1. The minimum absolute atomic E-state index is 0.164. The third kappa shape index (κ3) is 1.57. The lowest BCUT2D eigenvalue weighted by atomic mass is 10.4. The Balaban J connectivity index is 2.24. The van der Waals surface area contributed by atoms with Gasteiger partial charge in [-0.05, 0) is 12.8 Å². The van der Waals surface area contributed by atoms with Gasteiger partial charge < -0.3 is 0 Å². The van der Waals surface area contributed by atoms with Gasteiger partial charge in [0.25, 0.3) is 0 Å². The largest absolute Gasteiger partial charge is 0.284 e. The summed E-state index contributed by atoms with van der Waals surface area (Å²) >= 11 is 8.37. The molecule has 0 aromatic carbocycles. The molecular weight excluding hydrogens is 138 g/mol. The molecule has 0 spiro atoms. The minimum Gasteiger partial charge on any atom is -0.284 e. The number of thiol groups is 2. The molecule has 1 saturated heterocycles. The van der Waals surface area contributed by atoms with E-state index < -0.39 is 0 Å². The van der Waals surface area contributed by atoms with Gasteiger partial charge in [-0.3, -0.25) is 4.90 Å². The van der Waals surface area contributed by atoms with Crippen molar-refractivity contribution in [3.05, 3.63) is 0 Å². The Bertz CT molecular complexity index is 68.8. The molecule has 0 unspecified atom stereocenters. The van der Waals surface area contributed by atoms with Crippen LogP contribution in [0.25, 0.3) is 0 Å². The SMILES string of the molecule is SC(S)N1CCCC1. The lowest BCUT2D eigenvalue weighted by Crippen LogP contribution is -2.23. The smallest absolute Gasteiger partial charge is 0.0969 e. The number of rotatable bonds is 1. The Hall–Kier alpha value is 0.660. The highest BCUT2D eigenvalue weighted by atomic mass is 32.2. The fourth-order valence-electron chi connectivity index (χ4n) is 0.973. The molecule has 0 N–H and O–H groups in total. The van der Waals surface area contributed by atoms with Crippen molar-refractivity contribution in [1.82, 2.24) is 4.90 Å². The highest BCUT2D eigenvalue weighted by Crippen LogP contribution is 2.15. The topological polar surface area (TPSA) is 3.24 Å². The molecule has 1 fully saturated rings. The maximum atomic E-state index is 4.18.